The van der Waals surface area contributed by atoms with Crippen LogP contribution < -0.4 is 16.2 Å². The Hall–Kier alpha value is -4.21. The summed E-state index contributed by atoms with van der Waals surface area (Å²) in [5, 5.41) is 10.1. The molecule has 168 valence electrons. The highest BCUT2D eigenvalue weighted by Crippen LogP contribution is 2.34. The Morgan fingerprint density at radius 2 is 1.64 bits per heavy atom. The third kappa shape index (κ3) is 5.00. The largest absolute Gasteiger partial charge is 0.418 e. The van der Waals surface area contributed by atoms with Crippen LogP contribution in [0.15, 0.2) is 77.7 Å². The lowest BCUT2D eigenvalue weighted by Crippen LogP contribution is -2.32. The summed E-state index contributed by atoms with van der Waals surface area (Å²) < 4.78 is 40.7. The molecule has 0 aliphatic rings. The average Bonchev–Trinajstić information content (AvgIpc) is 2.80. The first-order valence-corrected chi connectivity index (χ1v) is 9.92. The smallest absolute Gasteiger partial charge is 0.332 e. The van der Waals surface area contributed by atoms with Gasteiger partial charge in [0.2, 0.25) is 0 Å². The summed E-state index contributed by atoms with van der Waals surface area (Å²) in [5.41, 5.74) is -0.611. The van der Waals surface area contributed by atoms with E-state index in [1.54, 1.807) is 48.7 Å². The average molecular weight is 453 g/mol. The molecule has 4 rings (SSSR count). The van der Waals surface area contributed by atoms with E-state index in [4.69, 9.17) is 0 Å². The molecule has 10 heteroatoms. The number of benzene rings is 2. The van der Waals surface area contributed by atoms with Gasteiger partial charge < -0.3 is 10.6 Å². The van der Waals surface area contributed by atoms with Gasteiger partial charge in [-0.15, -0.1) is 0 Å². The van der Waals surface area contributed by atoms with Crippen LogP contribution in [0, 0.1) is 0 Å². The second-order valence-electron chi connectivity index (χ2n) is 7.13. The fourth-order valence-electron chi connectivity index (χ4n) is 3.36. The highest BCUT2D eigenvalue weighted by atomic mass is 19.4. The molecule has 0 unspecified atom stereocenters. The first-order chi connectivity index (χ1) is 15.8. The van der Waals surface area contributed by atoms with Gasteiger partial charge in [0.1, 0.15) is 0 Å². The standard InChI is InChI=1S/C23H18F3N5O2/c24-23(25,26)18-10-3-4-11-19(18)29-22(33)28-13-20-16-8-1-2-9-17(16)21(32)31(30-20)14-15-7-5-6-12-27-15/h1-12H,13-14H2,(H2,28,29,33). The van der Waals surface area contributed by atoms with E-state index in [1.165, 1.54) is 22.9 Å². The molecule has 7 nitrogen and oxygen atoms in total. The molecule has 2 aromatic heterocycles. The van der Waals surface area contributed by atoms with Gasteiger partial charge >= 0.3 is 12.2 Å². The second-order valence-corrected chi connectivity index (χ2v) is 7.13. The molecule has 33 heavy (non-hydrogen) atoms. The molecule has 2 aromatic carbocycles. The maximum atomic E-state index is 13.2. The van der Waals surface area contributed by atoms with E-state index < -0.39 is 17.8 Å². The molecule has 4 aromatic rings. The maximum absolute atomic E-state index is 13.2. The lowest BCUT2D eigenvalue weighted by Gasteiger charge is -2.15. The van der Waals surface area contributed by atoms with Crippen molar-refractivity contribution in [2.45, 2.75) is 19.3 Å². The van der Waals surface area contributed by atoms with E-state index in [9.17, 15) is 22.8 Å². The number of amides is 2. The molecular formula is C23H18F3N5O2. The number of carbonyl (C=O) groups excluding carboxylic acids is 1. The van der Waals surface area contributed by atoms with Gasteiger partial charge in [-0.1, -0.05) is 36.4 Å². The summed E-state index contributed by atoms with van der Waals surface area (Å²) in [6.07, 6.45) is -3.00. The summed E-state index contributed by atoms with van der Waals surface area (Å²) in [6, 6.07) is 16.0. The van der Waals surface area contributed by atoms with Crippen molar-refractivity contribution in [3.8, 4) is 0 Å². The molecule has 0 aliphatic heterocycles. The van der Waals surface area contributed by atoms with Crippen molar-refractivity contribution in [3.05, 3.63) is 100 Å². The summed E-state index contributed by atoms with van der Waals surface area (Å²) in [4.78, 5) is 29.4. The van der Waals surface area contributed by atoms with Crippen LogP contribution in [-0.4, -0.2) is 20.8 Å². The Labute approximate surface area is 185 Å². The number of urea groups is 1. The summed E-state index contributed by atoms with van der Waals surface area (Å²) in [6.45, 7) is 0.0195. The molecule has 0 spiro atoms. The molecule has 2 amide bonds. The van der Waals surface area contributed by atoms with Crippen molar-refractivity contribution in [1.82, 2.24) is 20.1 Å². The van der Waals surface area contributed by atoms with Gasteiger partial charge in [0.15, 0.2) is 0 Å². The first-order valence-electron chi connectivity index (χ1n) is 9.92. The molecule has 0 aliphatic carbocycles. The number of hydrogen-bond acceptors (Lipinski definition) is 4. The van der Waals surface area contributed by atoms with Gasteiger partial charge in [-0.25, -0.2) is 9.48 Å². The quantitative estimate of drug-likeness (QED) is 0.475. The molecule has 0 fully saturated rings. The number of carbonyl (C=O) groups is 1. The van der Waals surface area contributed by atoms with E-state index in [-0.39, 0.29) is 24.3 Å². The van der Waals surface area contributed by atoms with Gasteiger partial charge in [0, 0.05) is 11.6 Å². The predicted molar refractivity (Wildman–Crippen MR) is 117 cm³/mol. The third-order valence-electron chi connectivity index (χ3n) is 4.88. The number of fused-ring (bicyclic) bond motifs is 1. The van der Waals surface area contributed by atoms with Crippen LogP contribution in [0.2, 0.25) is 0 Å². The Bertz CT molecular complexity index is 1350. The van der Waals surface area contributed by atoms with Crippen molar-refractivity contribution in [3.63, 3.8) is 0 Å². The number of halogens is 3. The van der Waals surface area contributed by atoms with Gasteiger partial charge in [-0.05, 0) is 30.3 Å². The minimum atomic E-state index is -4.61. The molecule has 2 heterocycles. The number of alkyl halides is 3. The third-order valence-corrected chi connectivity index (χ3v) is 4.88. The van der Waals surface area contributed by atoms with Crippen LogP contribution >= 0.6 is 0 Å². The Kier molecular flexibility index (Phi) is 6.07. The fraction of sp³-hybridized carbons (Fsp3) is 0.130. The number of pyridine rings is 1. The fourth-order valence-corrected chi connectivity index (χ4v) is 3.36. The van der Waals surface area contributed by atoms with E-state index in [1.807, 2.05) is 0 Å². The van der Waals surface area contributed by atoms with Crippen LogP contribution in [0.25, 0.3) is 10.8 Å². The van der Waals surface area contributed by atoms with Gasteiger partial charge in [0.25, 0.3) is 5.56 Å². The molecule has 2 N–H and O–H groups in total. The maximum Gasteiger partial charge on any atom is 0.418 e. The topological polar surface area (TPSA) is 88.9 Å². The number of aromatic nitrogens is 3. The predicted octanol–water partition coefficient (Wildman–Crippen LogP) is 4.18. The lowest BCUT2D eigenvalue weighted by atomic mass is 10.1. The molecule has 0 saturated heterocycles. The highest BCUT2D eigenvalue weighted by Gasteiger charge is 2.33. The van der Waals surface area contributed by atoms with Crippen molar-refractivity contribution < 1.29 is 18.0 Å². The minimum absolute atomic E-state index is 0.108. The summed E-state index contributed by atoms with van der Waals surface area (Å²) in [5.74, 6) is 0. The van der Waals surface area contributed by atoms with Crippen molar-refractivity contribution in [2.24, 2.45) is 0 Å². The zero-order chi connectivity index (χ0) is 23.4. The van der Waals surface area contributed by atoms with Crippen LogP contribution in [0.4, 0.5) is 23.7 Å². The number of para-hydroxylation sites is 1. The van der Waals surface area contributed by atoms with E-state index in [0.717, 1.165) is 6.07 Å². The van der Waals surface area contributed by atoms with Crippen LogP contribution in [-0.2, 0) is 19.3 Å². The van der Waals surface area contributed by atoms with Crippen molar-refractivity contribution >= 4 is 22.5 Å². The Morgan fingerprint density at radius 3 is 2.36 bits per heavy atom. The Morgan fingerprint density at radius 1 is 0.939 bits per heavy atom. The molecule has 0 atom stereocenters. The number of rotatable bonds is 5. The molecule has 0 saturated carbocycles. The highest BCUT2D eigenvalue weighted by molar-refractivity contribution is 5.90. The first kappa shape index (κ1) is 22.0. The Balaban J connectivity index is 1.58. The number of anilines is 1. The monoisotopic (exact) mass is 453 g/mol. The summed E-state index contributed by atoms with van der Waals surface area (Å²) in [7, 11) is 0. The molecular weight excluding hydrogens is 435 g/mol. The zero-order valence-electron chi connectivity index (χ0n) is 17.1. The minimum Gasteiger partial charge on any atom is -0.332 e. The molecule has 0 radical (unpaired) electrons. The second kappa shape index (κ2) is 9.11. The lowest BCUT2D eigenvalue weighted by molar-refractivity contribution is -0.136. The van der Waals surface area contributed by atoms with Crippen LogP contribution in [0.1, 0.15) is 17.0 Å². The van der Waals surface area contributed by atoms with Crippen LogP contribution in [0.3, 0.4) is 0 Å². The van der Waals surface area contributed by atoms with E-state index in [2.05, 4.69) is 20.7 Å². The number of nitrogens with zero attached hydrogens (tertiary/aromatic N) is 3. The zero-order valence-corrected chi connectivity index (χ0v) is 17.1. The number of nitrogens with one attached hydrogen (secondary N) is 2. The van der Waals surface area contributed by atoms with Gasteiger partial charge in [-0.2, -0.15) is 18.3 Å². The van der Waals surface area contributed by atoms with E-state index >= 15 is 0 Å². The van der Waals surface area contributed by atoms with Crippen molar-refractivity contribution in [2.75, 3.05) is 5.32 Å². The summed E-state index contributed by atoms with van der Waals surface area (Å²) >= 11 is 0. The van der Waals surface area contributed by atoms with Crippen LogP contribution in [0.5, 0.6) is 0 Å². The van der Waals surface area contributed by atoms with Gasteiger partial charge in [0.05, 0.1) is 41.1 Å². The van der Waals surface area contributed by atoms with Gasteiger partial charge in [-0.3, -0.25) is 9.78 Å². The SMILES string of the molecule is O=C(NCc1nn(Cc2ccccn2)c(=O)c2ccccc12)Nc1ccccc1C(F)(F)F. The molecule has 0 bridgehead atoms. The normalized spacial score (nSPS) is 11.4. The van der Waals surface area contributed by atoms with E-state index in [0.29, 0.717) is 22.2 Å². The van der Waals surface area contributed by atoms with Crippen molar-refractivity contribution in [1.29, 1.82) is 0 Å². The number of hydrogen-bond donors (Lipinski definition) is 2.